The predicted octanol–water partition coefficient (Wildman–Crippen LogP) is 2.94. The zero-order valence-electron chi connectivity index (χ0n) is 11.9. The molecule has 0 radical (unpaired) electrons. The van der Waals surface area contributed by atoms with Gasteiger partial charge in [-0.3, -0.25) is 4.79 Å². The van der Waals surface area contributed by atoms with Gasteiger partial charge in [-0.05, 0) is 18.6 Å². The molecule has 0 spiro atoms. The molecule has 0 heterocycles. The number of halogens is 1. The van der Waals surface area contributed by atoms with Gasteiger partial charge in [-0.1, -0.05) is 43.9 Å². The number of para-hydroxylation sites is 1. The minimum absolute atomic E-state index is 0.0556. The number of carbonyl (C=O) groups excluding carboxylic acids is 1. The fourth-order valence-corrected chi connectivity index (χ4v) is 2.23. The molecule has 0 fully saturated rings. The third-order valence-electron chi connectivity index (χ3n) is 3.22. The minimum atomic E-state index is -0.171. The van der Waals surface area contributed by atoms with Crippen LogP contribution >= 0.6 is 11.6 Å². The van der Waals surface area contributed by atoms with Crippen molar-refractivity contribution in [2.75, 3.05) is 25.4 Å². The lowest BCUT2D eigenvalue weighted by atomic mass is 10.1. The zero-order valence-corrected chi connectivity index (χ0v) is 12.7. The molecular weight excluding hydrogens is 276 g/mol. The van der Waals surface area contributed by atoms with Gasteiger partial charge in [-0.2, -0.15) is 0 Å². The van der Waals surface area contributed by atoms with E-state index in [-0.39, 0.29) is 12.5 Å². The molecule has 112 valence electrons. The van der Waals surface area contributed by atoms with Crippen molar-refractivity contribution in [2.45, 2.75) is 32.6 Å². The highest BCUT2D eigenvalue weighted by molar-refractivity contribution is 6.33. The molecule has 4 nitrogen and oxygen atoms in total. The molecule has 0 aliphatic carbocycles. The maximum Gasteiger partial charge on any atom is 0.256 e. The summed E-state index contributed by atoms with van der Waals surface area (Å²) in [5, 5.41) is 9.49. The van der Waals surface area contributed by atoms with Gasteiger partial charge in [0.05, 0.1) is 22.9 Å². The number of benzene rings is 1. The van der Waals surface area contributed by atoms with Crippen LogP contribution in [0.25, 0.3) is 0 Å². The molecule has 0 aromatic heterocycles. The van der Waals surface area contributed by atoms with Gasteiger partial charge < -0.3 is 15.7 Å². The smallest absolute Gasteiger partial charge is 0.256 e. The van der Waals surface area contributed by atoms with Crippen molar-refractivity contribution in [2.24, 2.45) is 0 Å². The third-order valence-corrected chi connectivity index (χ3v) is 3.55. The molecule has 1 rings (SSSR count). The number of nitrogen functional groups attached to an aromatic ring is 1. The number of rotatable bonds is 8. The number of nitrogens with zero attached hydrogens (tertiary/aromatic N) is 1. The van der Waals surface area contributed by atoms with Crippen LogP contribution in [0.3, 0.4) is 0 Å². The van der Waals surface area contributed by atoms with E-state index in [4.69, 9.17) is 22.4 Å². The van der Waals surface area contributed by atoms with Crippen LogP contribution < -0.4 is 5.73 Å². The molecule has 0 saturated carbocycles. The molecule has 0 aliphatic heterocycles. The number of nitrogens with two attached hydrogens (primary N) is 1. The van der Waals surface area contributed by atoms with Crippen molar-refractivity contribution in [1.82, 2.24) is 4.90 Å². The first-order valence-corrected chi connectivity index (χ1v) is 7.43. The van der Waals surface area contributed by atoms with Crippen LogP contribution in [0.5, 0.6) is 0 Å². The van der Waals surface area contributed by atoms with E-state index < -0.39 is 0 Å². The topological polar surface area (TPSA) is 66.6 Å². The first kappa shape index (κ1) is 16.8. The number of hydrogen-bond acceptors (Lipinski definition) is 3. The van der Waals surface area contributed by atoms with Gasteiger partial charge in [0.25, 0.3) is 5.91 Å². The van der Waals surface area contributed by atoms with E-state index in [9.17, 15) is 4.79 Å². The van der Waals surface area contributed by atoms with Crippen LogP contribution in [0.2, 0.25) is 5.02 Å². The van der Waals surface area contributed by atoms with Crippen molar-refractivity contribution >= 4 is 23.2 Å². The lowest BCUT2D eigenvalue weighted by molar-refractivity contribution is 0.0719. The molecule has 0 atom stereocenters. The monoisotopic (exact) mass is 298 g/mol. The molecule has 1 aromatic rings. The minimum Gasteiger partial charge on any atom is -0.397 e. The van der Waals surface area contributed by atoms with E-state index in [1.165, 1.54) is 0 Å². The summed E-state index contributed by atoms with van der Waals surface area (Å²) in [6.45, 7) is 3.03. The molecule has 1 aromatic carbocycles. The predicted molar refractivity (Wildman–Crippen MR) is 83.0 cm³/mol. The highest BCUT2D eigenvalue weighted by Crippen LogP contribution is 2.23. The number of unbranched alkanes of at least 4 members (excludes halogenated alkanes) is 3. The van der Waals surface area contributed by atoms with Gasteiger partial charge in [0.1, 0.15) is 0 Å². The van der Waals surface area contributed by atoms with Crippen molar-refractivity contribution < 1.29 is 9.90 Å². The average Bonchev–Trinajstić information content (AvgIpc) is 2.44. The normalized spacial score (nSPS) is 10.6. The Bertz CT molecular complexity index is 438. The van der Waals surface area contributed by atoms with Crippen molar-refractivity contribution in [1.29, 1.82) is 0 Å². The van der Waals surface area contributed by atoms with E-state index in [1.807, 2.05) is 0 Å². The van der Waals surface area contributed by atoms with Gasteiger partial charge >= 0.3 is 0 Å². The van der Waals surface area contributed by atoms with Gasteiger partial charge in [-0.25, -0.2) is 0 Å². The number of hydrogen-bond donors (Lipinski definition) is 2. The second kappa shape index (κ2) is 8.82. The van der Waals surface area contributed by atoms with Crippen LogP contribution in [0.15, 0.2) is 18.2 Å². The molecule has 5 heteroatoms. The SMILES string of the molecule is CCCCCCN(CCO)C(=O)c1cccc(Cl)c1N. The van der Waals surface area contributed by atoms with Crippen molar-refractivity contribution in [3.63, 3.8) is 0 Å². The van der Waals surface area contributed by atoms with E-state index in [0.717, 1.165) is 25.7 Å². The van der Waals surface area contributed by atoms with E-state index in [1.54, 1.807) is 23.1 Å². The lowest BCUT2D eigenvalue weighted by Crippen LogP contribution is -2.35. The van der Waals surface area contributed by atoms with Gasteiger partial charge in [0, 0.05) is 13.1 Å². The molecule has 3 N–H and O–H groups in total. The largest absolute Gasteiger partial charge is 0.397 e. The number of aliphatic hydroxyl groups excluding tert-OH is 1. The number of amides is 1. The van der Waals surface area contributed by atoms with Crippen molar-refractivity contribution in [3.05, 3.63) is 28.8 Å². The van der Waals surface area contributed by atoms with Crippen LogP contribution in [0, 0.1) is 0 Å². The Balaban J connectivity index is 2.74. The van der Waals surface area contributed by atoms with Gasteiger partial charge in [0.15, 0.2) is 0 Å². The Morgan fingerprint density at radius 1 is 1.30 bits per heavy atom. The number of anilines is 1. The van der Waals surface area contributed by atoms with E-state index in [2.05, 4.69) is 6.92 Å². The van der Waals surface area contributed by atoms with Gasteiger partial charge in [0.2, 0.25) is 0 Å². The Hall–Kier alpha value is -1.26. The maximum atomic E-state index is 12.4. The Morgan fingerprint density at radius 2 is 2.05 bits per heavy atom. The molecular formula is C15H23ClN2O2. The Morgan fingerprint density at radius 3 is 2.70 bits per heavy atom. The molecule has 1 amide bonds. The average molecular weight is 299 g/mol. The fourth-order valence-electron chi connectivity index (χ4n) is 2.06. The standard InChI is InChI=1S/C15H23ClN2O2/c1-2-3-4-5-9-18(10-11-19)15(20)12-7-6-8-13(16)14(12)17/h6-8,19H,2-5,9-11,17H2,1H3. The van der Waals surface area contributed by atoms with Gasteiger partial charge in [-0.15, -0.1) is 0 Å². The lowest BCUT2D eigenvalue weighted by Gasteiger charge is -2.22. The molecule has 0 bridgehead atoms. The van der Waals surface area contributed by atoms with E-state index >= 15 is 0 Å². The first-order chi connectivity index (χ1) is 9.61. The summed E-state index contributed by atoms with van der Waals surface area (Å²) in [6, 6.07) is 5.03. The zero-order chi connectivity index (χ0) is 15.0. The molecule has 0 aliphatic rings. The maximum absolute atomic E-state index is 12.4. The summed E-state index contributed by atoms with van der Waals surface area (Å²) < 4.78 is 0. The Kier molecular flexibility index (Phi) is 7.41. The summed E-state index contributed by atoms with van der Waals surface area (Å²) in [5.41, 5.74) is 6.56. The second-order valence-electron chi connectivity index (χ2n) is 4.78. The first-order valence-electron chi connectivity index (χ1n) is 7.06. The quantitative estimate of drug-likeness (QED) is 0.573. The van der Waals surface area contributed by atoms with Crippen LogP contribution in [-0.2, 0) is 0 Å². The fraction of sp³-hybridized carbons (Fsp3) is 0.533. The number of aliphatic hydroxyl groups is 1. The van der Waals surface area contributed by atoms with Crippen LogP contribution in [-0.4, -0.2) is 35.6 Å². The van der Waals surface area contributed by atoms with Crippen molar-refractivity contribution in [3.8, 4) is 0 Å². The molecule has 20 heavy (non-hydrogen) atoms. The molecule has 0 saturated heterocycles. The number of carbonyl (C=O) groups is 1. The van der Waals surface area contributed by atoms with Crippen LogP contribution in [0.4, 0.5) is 5.69 Å². The summed E-state index contributed by atoms with van der Waals surface area (Å²) in [7, 11) is 0. The summed E-state index contributed by atoms with van der Waals surface area (Å²) >= 11 is 5.94. The Labute approximate surface area is 125 Å². The summed E-state index contributed by atoms with van der Waals surface area (Å²) in [5.74, 6) is -0.171. The summed E-state index contributed by atoms with van der Waals surface area (Å²) in [4.78, 5) is 14.1. The highest BCUT2D eigenvalue weighted by atomic mass is 35.5. The summed E-state index contributed by atoms with van der Waals surface area (Å²) in [6.07, 6.45) is 4.31. The molecule has 0 unspecified atom stereocenters. The van der Waals surface area contributed by atoms with E-state index in [0.29, 0.717) is 29.4 Å². The third kappa shape index (κ3) is 4.69. The highest BCUT2D eigenvalue weighted by Gasteiger charge is 2.18. The second-order valence-corrected chi connectivity index (χ2v) is 5.18. The van der Waals surface area contributed by atoms with Crippen LogP contribution in [0.1, 0.15) is 43.0 Å².